The van der Waals surface area contributed by atoms with Gasteiger partial charge in [-0.05, 0) is 30.9 Å². The first-order chi connectivity index (χ1) is 10.2. The molecule has 4 heteroatoms. The number of ether oxygens (including phenoxy) is 2. The van der Waals surface area contributed by atoms with E-state index in [2.05, 4.69) is 0 Å². The summed E-state index contributed by atoms with van der Waals surface area (Å²) in [7, 11) is 0. The second kappa shape index (κ2) is 8.90. The molecule has 0 heterocycles. The van der Waals surface area contributed by atoms with Gasteiger partial charge in [-0.1, -0.05) is 38.2 Å². The summed E-state index contributed by atoms with van der Waals surface area (Å²) in [6, 6.07) is 7.71. The third-order valence-corrected chi connectivity index (χ3v) is 3.96. The molecule has 0 amide bonds. The summed E-state index contributed by atoms with van der Waals surface area (Å²) >= 11 is 0. The Morgan fingerprint density at radius 1 is 0.952 bits per heavy atom. The van der Waals surface area contributed by atoms with Crippen LogP contribution >= 0.6 is 0 Å². The van der Waals surface area contributed by atoms with Crippen LogP contribution in [0.3, 0.4) is 0 Å². The molecule has 4 nitrogen and oxygen atoms in total. The summed E-state index contributed by atoms with van der Waals surface area (Å²) in [5, 5.41) is 0. The van der Waals surface area contributed by atoms with E-state index in [-0.39, 0.29) is 0 Å². The first-order valence-corrected chi connectivity index (χ1v) is 8.11. The highest BCUT2D eigenvalue weighted by Gasteiger charge is 2.12. The van der Waals surface area contributed by atoms with Crippen molar-refractivity contribution in [2.45, 2.75) is 51.1 Å². The van der Waals surface area contributed by atoms with Crippen molar-refractivity contribution < 1.29 is 9.47 Å². The lowest BCUT2D eigenvalue weighted by atomic mass is 9.92. The maximum atomic E-state index is 5.95. The molecule has 21 heavy (non-hydrogen) atoms. The van der Waals surface area contributed by atoms with Crippen molar-refractivity contribution in [3.8, 4) is 11.5 Å². The normalized spacial score (nSPS) is 17.3. The van der Waals surface area contributed by atoms with Crippen LogP contribution < -0.4 is 20.9 Å². The molecule has 1 aromatic rings. The number of hydrogen-bond donors (Lipinski definition) is 2. The van der Waals surface area contributed by atoms with E-state index in [9.17, 15) is 0 Å². The largest absolute Gasteiger partial charge is 0.493 e. The van der Waals surface area contributed by atoms with E-state index in [1.54, 1.807) is 0 Å². The monoisotopic (exact) mass is 292 g/mol. The quantitative estimate of drug-likeness (QED) is 0.791. The van der Waals surface area contributed by atoms with Gasteiger partial charge in [0.25, 0.3) is 0 Å². The van der Waals surface area contributed by atoms with Crippen molar-refractivity contribution in [3.63, 3.8) is 0 Å². The van der Waals surface area contributed by atoms with Crippen LogP contribution in [-0.4, -0.2) is 19.4 Å². The predicted molar refractivity (Wildman–Crippen MR) is 85.4 cm³/mol. The fraction of sp³-hybridized carbons (Fsp3) is 0.647. The maximum Gasteiger partial charge on any atom is 0.123 e. The molecule has 0 radical (unpaired) electrons. The molecule has 1 aliphatic rings. The molecule has 0 atom stereocenters. The molecule has 4 N–H and O–H groups in total. The van der Waals surface area contributed by atoms with E-state index >= 15 is 0 Å². The van der Waals surface area contributed by atoms with Gasteiger partial charge in [0.2, 0.25) is 0 Å². The molecule has 1 aromatic carbocycles. The summed E-state index contributed by atoms with van der Waals surface area (Å²) in [6.45, 7) is 1.12. The van der Waals surface area contributed by atoms with Crippen molar-refractivity contribution in [1.29, 1.82) is 0 Å². The SMILES string of the molecule is NC(N)COc1cccc(OCC2CCCCCCC2)c1. The Morgan fingerprint density at radius 3 is 2.24 bits per heavy atom. The van der Waals surface area contributed by atoms with E-state index in [1.165, 1.54) is 44.9 Å². The number of hydrogen-bond acceptors (Lipinski definition) is 4. The lowest BCUT2D eigenvalue weighted by Crippen LogP contribution is -2.36. The fourth-order valence-electron chi connectivity index (χ4n) is 2.77. The first-order valence-electron chi connectivity index (χ1n) is 8.11. The zero-order chi connectivity index (χ0) is 14.9. The Bertz CT molecular complexity index is 402. The van der Waals surface area contributed by atoms with Crippen LogP contribution in [0.4, 0.5) is 0 Å². The van der Waals surface area contributed by atoms with Crippen molar-refractivity contribution in [2.24, 2.45) is 17.4 Å². The zero-order valence-corrected chi connectivity index (χ0v) is 12.8. The van der Waals surface area contributed by atoms with Crippen LogP contribution in [0.15, 0.2) is 24.3 Å². The maximum absolute atomic E-state index is 5.95. The van der Waals surface area contributed by atoms with Gasteiger partial charge in [0, 0.05) is 6.07 Å². The van der Waals surface area contributed by atoms with Gasteiger partial charge >= 0.3 is 0 Å². The lowest BCUT2D eigenvalue weighted by molar-refractivity contribution is 0.217. The van der Waals surface area contributed by atoms with Crippen LogP contribution in [-0.2, 0) is 0 Å². The Morgan fingerprint density at radius 2 is 1.57 bits per heavy atom. The molecule has 0 aromatic heterocycles. The summed E-state index contributed by atoms with van der Waals surface area (Å²) in [5.74, 6) is 2.30. The molecule has 1 aliphatic carbocycles. The van der Waals surface area contributed by atoms with E-state index in [1.807, 2.05) is 24.3 Å². The lowest BCUT2D eigenvalue weighted by Gasteiger charge is -2.20. The zero-order valence-electron chi connectivity index (χ0n) is 12.8. The van der Waals surface area contributed by atoms with Gasteiger partial charge in [0.1, 0.15) is 18.1 Å². The molecule has 2 rings (SSSR count). The molecule has 0 unspecified atom stereocenters. The van der Waals surface area contributed by atoms with E-state index in [4.69, 9.17) is 20.9 Å². The molecule has 0 spiro atoms. The summed E-state index contributed by atoms with van der Waals surface area (Å²) in [4.78, 5) is 0. The van der Waals surface area contributed by atoms with Gasteiger partial charge in [-0.3, -0.25) is 0 Å². The van der Waals surface area contributed by atoms with E-state index in [0.29, 0.717) is 12.5 Å². The Kier molecular flexibility index (Phi) is 6.83. The first kappa shape index (κ1) is 16.1. The van der Waals surface area contributed by atoms with Gasteiger partial charge in [0.15, 0.2) is 0 Å². The summed E-state index contributed by atoms with van der Waals surface area (Å²) < 4.78 is 11.5. The van der Waals surface area contributed by atoms with Crippen molar-refractivity contribution >= 4 is 0 Å². The highest BCUT2D eigenvalue weighted by Crippen LogP contribution is 2.25. The smallest absolute Gasteiger partial charge is 0.123 e. The van der Waals surface area contributed by atoms with Gasteiger partial charge in [-0.15, -0.1) is 0 Å². The fourth-order valence-corrected chi connectivity index (χ4v) is 2.77. The van der Waals surface area contributed by atoms with Gasteiger partial charge in [0.05, 0.1) is 12.8 Å². The second-order valence-electron chi connectivity index (χ2n) is 5.97. The second-order valence-corrected chi connectivity index (χ2v) is 5.97. The highest BCUT2D eigenvalue weighted by atomic mass is 16.5. The van der Waals surface area contributed by atoms with Crippen LogP contribution in [0.25, 0.3) is 0 Å². The van der Waals surface area contributed by atoms with Gasteiger partial charge in [-0.25, -0.2) is 0 Å². The molecular formula is C17H28N2O2. The highest BCUT2D eigenvalue weighted by molar-refractivity contribution is 5.32. The van der Waals surface area contributed by atoms with E-state index < -0.39 is 6.17 Å². The average Bonchev–Trinajstić information content (AvgIpc) is 2.44. The van der Waals surface area contributed by atoms with Crippen LogP contribution in [0.2, 0.25) is 0 Å². The standard InChI is InChI=1S/C17H28N2O2/c18-17(19)13-21-16-10-6-9-15(11-16)20-12-14-7-4-2-1-3-5-8-14/h6,9-11,14,17H,1-5,7-8,12-13,18-19H2. The van der Waals surface area contributed by atoms with Gasteiger partial charge in [-0.2, -0.15) is 0 Å². The molecule has 1 saturated carbocycles. The third-order valence-electron chi connectivity index (χ3n) is 3.96. The average molecular weight is 292 g/mol. The van der Waals surface area contributed by atoms with Crippen molar-refractivity contribution in [1.82, 2.24) is 0 Å². The van der Waals surface area contributed by atoms with Crippen molar-refractivity contribution in [3.05, 3.63) is 24.3 Å². The molecule has 0 saturated heterocycles. The predicted octanol–water partition coefficient (Wildman–Crippen LogP) is 3.05. The van der Waals surface area contributed by atoms with Crippen LogP contribution in [0, 0.1) is 5.92 Å². The molecule has 0 aliphatic heterocycles. The minimum absolute atomic E-state index is 0.312. The topological polar surface area (TPSA) is 70.5 Å². The summed E-state index contributed by atoms with van der Waals surface area (Å²) in [5.41, 5.74) is 11.0. The number of rotatable bonds is 6. The van der Waals surface area contributed by atoms with Gasteiger partial charge < -0.3 is 20.9 Å². The minimum atomic E-state index is -0.454. The third kappa shape index (κ3) is 6.36. The molecule has 0 bridgehead atoms. The van der Waals surface area contributed by atoms with Crippen LogP contribution in [0.1, 0.15) is 44.9 Å². The number of benzene rings is 1. The van der Waals surface area contributed by atoms with E-state index in [0.717, 1.165) is 18.1 Å². The Hall–Kier alpha value is -1.26. The Labute approximate surface area is 127 Å². The number of nitrogens with two attached hydrogens (primary N) is 2. The molecule has 118 valence electrons. The van der Waals surface area contributed by atoms with Crippen molar-refractivity contribution in [2.75, 3.05) is 13.2 Å². The minimum Gasteiger partial charge on any atom is -0.493 e. The molecule has 1 fully saturated rings. The van der Waals surface area contributed by atoms with Crippen LogP contribution in [0.5, 0.6) is 11.5 Å². The molecular weight excluding hydrogens is 264 g/mol. The Balaban J connectivity index is 1.80. The summed E-state index contributed by atoms with van der Waals surface area (Å²) in [6.07, 6.45) is 8.95.